The third-order valence-electron chi connectivity index (χ3n) is 5.22. The lowest BCUT2D eigenvalue weighted by molar-refractivity contribution is 0.358. The SMILES string of the molecule is COc1ccc2[nH]c(C)c(-c3csc(N[C@@H]4CCC[C@@H](C)C4)n3)c2c1. The number of benzene rings is 1. The average Bonchev–Trinajstić information content (AvgIpc) is 3.17. The van der Waals surface area contributed by atoms with Crippen molar-refractivity contribution in [1.82, 2.24) is 9.97 Å². The van der Waals surface area contributed by atoms with E-state index in [9.17, 15) is 0 Å². The summed E-state index contributed by atoms with van der Waals surface area (Å²) in [6, 6.07) is 6.70. The van der Waals surface area contributed by atoms with E-state index in [0.717, 1.165) is 33.7 Å². The predicted octanol–water partition coefficient (Wildman–Crippen LogP) is 5.60. The van der Waals surface area contributed by atoms with Gasteiger partial charge in [0, 0.05) is 33.6 Å². The van der Waals surface area contributed by atoms with Crippen LogP contribution in [-0.2, 0) is 0 Å². The van der Waals surface area contributed by atoms with E-state index in [4.69, 9.17) is 9.72 Å². The van der Waals surface area contributed by atoms with Gasteiger partial charge in [-0.1, -0.05) is 19.8 Å². The zero-order valence-electron chi connectivity index (χ0n) is 15.1. The second-order valence-electron chi connectivity index (χ2n) is 7.19. The van der Waals surface area contributed by atoms with E-state index >= 15 is 0 Å². The number of anilines is 1. The summed E-state index contributed by atoms with van der Waals surface area (Å²) in [5.74, 6) is 1.69. The maximum atomic E-state index is 5.39. The number of fused-ring (bicyclic) bond motifs is 1. The molecule has 0 unspecified atom stereocenters. The Morgan fingerprint density at radius 3 is 3.00 bits per heavy atom. The molecule has 1 fully saturated rings. The normalized spacial score (nSPS) is 20.8. The van der Waals surface area contributed by atoms with Crippen LogP contribution in [0.5, 0.6) is 5.75 Å². The van der Waals surface area contributed by atoms with Crippen LogP contribution in [0, 0.1) is 12.8 Å². The number of thiazole rings is 1. The smallest absolute Gasteiger partial charge is 0.183 e. The van der Waals surface area contributed by atoms with Crippen LogP contribution in [0.2, 0.25) is 0 Å². The van der Waals surface area contributed by atoms with E-state index in [0.29, 0.717) is 6.04 Å². The molecule has 0 aliphatic heterocycles. The highest BCUT2D eigenvalue weighted by atomic mass is 32.1. The summed E-state index contributed by atoms with van der Waals surface area (Å²) in [6.07, 6.45) is 5.18. The highest BCUT2D eigenvalue weighted by molar-refractivity contribution is 7.14. The van der Waals surface area contributed by atoms with Crippen LogP contribution >= 0.6 is 11.3 Å². The molecule has 2 heterocycles. The van der Waals surface area contributed by atoms with Gasteiger partial charge in [0.15, 0.2) is 5.13 Å². The number of aryl methyl sites for hydroxylation is 1. The van der Waals surface area contributed by atoms with Crippen molar-refractivity contribution in [3.8, 4) is 17.0 Å². The number of rotatable bonds is 4. The van der Waals surface area contributed by atoms with Crippen LogP contribution in [0.15, 0.2) is 23.6 Å². The maximum Gasteiger partial charge on any atom is 0.183 e. The Bertz CT molecular complexity index is 882. The van der Waals surface area contributed by atoms with Gasteiger partial charge in [-0.3, -0.25) is 0 Å². The minimum Gasteiger partial charge on any atom is -0.497 e. The zero-order valence-corrected chi connectivity index (χ0v) is 15.9. The number of ether oxygens (including phenoxy) is 1. The summed E-state index contributed by atoms with van der Waals surface area (Å²) in [5, 5.41) is 8.01. The standard InChI is InChI=1S/C20H25N3OS/c1-12-5-4-6-14(9-12)22-20-23-18(11-25-20)19-13(2)21-17-8-7-15(24-3)10-16(17)19/h7-8,10-12,14,21H,4-6,9H2,1-3H3,(H,22,23)/t12-,14-/m1/s1. The molecule has 3 aromatic rings. The minimum atomic E-state index is 0.562. The van der Waals surface area contributed by atoms with E-state index < -0.39 is 0 Å². The quantitative estimate of drug-likeness (QED) is 0.640. The van der Waals surface area contributed by atoms with Crippen LogP contribution in [0.1, 0.15) is 38.3 Å². The number of hydrogen-bond acceptors (Lipinski definition) is 4. The first-order valence-corrected chi connectivity index (χ1v) is 9.90. The highest BCUT2D eigenvalue weighted by Crippen LogP contribution is 2.36. The number of hydrogen-bond donors (Lipinski definition) is 2. The van der Waals surface area contributed by atoms with Gasteiger partial charge in [-0.15, -0.1) is 11.3 Å². The second kappa shape index (κ2) is 6.71. The summed E-state index contributed by atoms with van der Waals surface area (Å²) >= 11 is 1.70. The molecular formula is C20H25N3OS. The molecule has 0 saturated heterocycles. The van der Waals surface area contributed by atoms with Gasteiger partial charge in [0.1, 0.15) is 5.75 Å². The predicted molar refractivity (Wildman–Crippen MR) is 106 cm³/mol. The van der Waals surface area contributed by atoms with Crippen molar-refractivity contribution in [2.45, 2.75) is 45.6 Å². The topological polar surface area (TPSA) is 49.9 Å². The Balaban J connectivity index is 1.63. The molecule has 5 heteroatoms. The maximum absolute atomic E-state index is 5.39. The van der Waals surface area contributed by atoms with E-state index in [-0.39, 0.29) is 0 Å². The van der Waals surface area contributed by atoms with Crippen molar-refractivity contribution >= 4 is 27.4 Å². The van der Waals surface area contributed by atoms with Gasteiger partial charge in [0.05, 0.1) is 12.8 Å². The molecule has 1 aromatic carbocycles. The molecule has 132 valence electrons. The van der Waals surface area contributed by atoms with Crippen molar-refractivity contribution in [2.75, 3.05) is 12.4 Å². The number of aromatic amines is 1. The summed E-state index contributed by atoms with van der Waals surface area (Å²) in [7, 11) is 1.70. The molecule has 0 amide bonds. The number of nitrogens with one attached hydrogen (secondary N) is 2. The van der Waals surface area contributed by atoms with E-state index in [2.05, 4.69) is 41.7 Å². The highest BCUT2D eigenvalue weighted by Gasteiger charge is 2.20. The lowest BCUT2D eigenvalue weighted by atomic mass is 9.87. The summed E-state index contributed by atoms with van der Waals surface area (Å²) in [6.45, 7) is 4.46. The summed E-state index contributed by atoms with van der Waals surface area (Å²) in [5.41, 5.74) is 4.48. The molecule has 0 radical (unpaired) electrons. The van der Waals surface area contributed by atoms with Crippen molar-refractivity contribution in [3.05, 3.63) is 29.3 Å². The van der Waals surface area contributed by atoms with E-state index in [1.54, 1.807) is 18.4 Å². The van der Waals surface area contributed by atoms with Gasteiger partial charge < -0.3 is 15.0 Å². The third-order valence-corrected chi connectivity index (χ3v) is 5.99. The molecule has 2 atom stereocenters. The fourth-order valence-corrected chi connectivity index (χ4v) is 4.74. The fourth-order valence-electron chi connectivity index (χ4n) is 3.96. The van der Waals surface area contributed by atoms with Gasteiger partial charge >= 0.3 is 0 Å². The van der Waals surface area contributed by atoms with Gasteiger partial charge in [0.25, 0.3) is 0 Å². The minimum absolute atomic E-state index is 0.562. The van der Waals surface area contributed by atoms with Crippen LogP contribution < -0.4 is 10.1 Å². The Labute approximate surface area is 152 Å². The van der Waals surface area contributed by atoms with Crippen LogP contribution in [-0.4, -0.2) is 23.1 Å². The number of H-pyrrole nitrogens is 1. The van der Waals surface area contributed by atoms with Crippen molar-refractivity contribution in [1.29, 1.82) is 0 Å². The summed E-state index contributed by atoms with van der Waals surface area (Å²) in [4.78, 5) is 8.35. The molecule has 2 aromatic heterocycles. The average molecular weight is 356 g/mol. The van der Waals surface area contributed by atoms with Crippen LogP contribution in [0.4, 0.5) is 5.13 Å². The van der Waals surface area contributed by atoms with Gasteiger partial charge in [0.2, 0.25) is 0 Å². The van der Waals surface area contributed by atoms with Gasteiger partial charge in [-0.2, -0.15) is 0 Å². The van der Waals surface area contributed by atoms with Crippen LogP contribution in [0.3, 0.4) is 0 Å². The molecule has 4 rings (SSSR count). The number of nitrogens with zero attached hydrogens (tertiary/aromatic N) is 1. The molecule has 0 bridgehead atoms. The molecular weight excluding hydrogens is 330 g/mol. The molecule has 1 saturated carbocycles. The lowest BCUT2D eigenvalue weighted by Gasteiger charge is -2.27. The lowest BCUT2D eigenvalue weighted by Crippen LogP contribution is -2.26. The fraction of sp³-hybridized carbons (Fsp3) is 0.450. The number of methoxy groups -OCH3 is 1. The molecule has 1 aliphatic rings. The molecule has 0 spiro atoms. The zero-order chi connectivity index (χ0) is 17.4. The van der Waals surface area contributed by atoms with E-state index in [1.807, 2.05) is 6.07 Å². The first-order chi connectivity index (χ1) is 12.1. The number of aromatic nitrogens is 2. The van der Waals surface area contributed by atoms with Gasteiger partial charge in [-0.05, 0) is 43.9 Å². The Morgan fingerprint density at radius 2 is 2.20 bits per heavy atom. The first kappa shape index (κ1) is 16.5. The Hall–Kier alpha value is -2.01. The monoisotopic (exact) mass is 355 g/mol. The molecule has 4 nitrogen and oxygen atoms in total. The van der Waals surface area contributed by atoms with Crippen molar-refractivity contribution in [2.24, 2.45) is 5.92 Å². The largest absolute Gasteiger partial charge is 0.497 e. The van der Waals surface area contributed by atoms with Crippen molar-refractivity contribution < 1.29 is 4.74 Å². The van der Waals surface area contributed by atoms with Gasteiger partial charge in [-0.25, -0.2) is 4.98 Å². The second-order valence-corrected chi connectivity index (χ2v) is 8.05. The molecule has 2 N–H and O–H groups in total. The van der Waals surface area contributed by atoms with E-state index in [1.165, 1.54) is 36.6 Å². The third kappa shape index (κ3) is 3.25. The Morgan fingerprint density at radius 1 is 1.32 bits per heavy atom. The molecule has 1 aliphatic carbocycles. The summed E-state index contributed by atoms with van der Waals surface area (Å²) < 4.78 is 5.39. The van der Waals surface area contributed by atoms with Crippen LogP contribution in [0.25, 0.3) is 22.2 Å². The Kier molecular flexibility index (Phi) is 4.42. The van der Waals surface area contributed by atoms with Crippen molar-refractivity contribution in [3.63, 3.8) is 0 Å². The molecule has 25 heavy (non-hydrogen) atoms. The first-order valence-electron chi connectivity index (χ1n) is 9.03.